The number of carbonyl (C=O) groups is 1. The Labute approximate surface area is 185 Å². The van der Waals surface area contributed by atoms with Crippen LogP contribution in [0.3, 0.4) is 0 Å². The van der Waals surface area contributed by atoms with Gasteiger partial charge in [0.25, 0.3) is 5.91 Å². The van der Waals surface area contributed by atoms with Gasteiger partial charge in [-0.1, -0.05) is 18.2 Å². The zero-order valence-electron chi connectivity index (χ0n) is 18.6. The molecule has 5 heteroatoms. The SMILES string of the molecule is CC(C)(O)c1ccc(C(=O)N(C2CC2)[C@H]2CC[C@](CCO)(c3ccccn3)CC2)cc1. The highest BCUT2D eigenvalue weighted by Crippen LogP contribution is 2.44. The lowest BCUT2D eigenvalue weighted by Crippen LogP contribution is -2.47. The van der Waals surface area contributed by atoms with Crippen LogP contribution in [0.15, 0.2) is 48.7 Å². The zero-order chi connectivity index (χ0) is 22.1. The molecule has 2 N–H and O–H groups in total. The third-order valence-electron chi connectivity index (χ3n) is 7.12. The van der Waals surface area contributed by atoms with Crippen LogP contribution >= 0.6 is 0 Å². The molecule has 2 aliphatic rings. The molecule has 1 aromatic heterocycles. The van der Waals surface area contributed by atoms with E-state index in [0.717, 1.165) is 49.8 Å². The first kappa shape index (κ1) is 22.0. The van der Waals surface area contributed by atoms with E-state index in [2.05, 4.69) is 16.0 Å². The summed E-state index contributed by atoms with van der Waals surface area (Å²) in [4.78, 5) is 20.2. The summed E-state index contributed by atoms with van der Waals surface area (Å²) >= 11 is 0. The van der Waals surface area contributed by atoms with Crippen LogP contribution in [-0.2, 0) is 11.0 Å². The fraction of sp³-hybridized carbons (Fsp3) is 0.538. The van der Waals surface area contributed by atoms with Crippen LogP contribution in [0, 0.1) is 0 Å². The van der Waals surface area contributed by atoms with E-state index < -0.39 is 5.60 Å². The van der Waals surface area contributed by atoms with Crippen molar-refractivity contribution < 1.29 is 15.0 Å². The number of hydrogen-bond donors (Lipinski definition) is 2. The number of nitrogens with zero attached hydrogens (tertiary/aromatic N) is 2. The van der Waals surface area contributed by atoms with Gasteiger partial charge >= 0.3 is 0 Å². The van der Waals surface area contributed by atoms with Gasteiger partial charge in [-0.15, -0.1) is 0 Å². The van der Waals surface area contributed by atoms with E-state index >= 15 is 0 Å². The van der Waals surface area contributed by atoms with Crippen molar-refractivity contribution >= 4 is 5.91 Å². The van der Waals surface area contributed by atoms with E-state index in [9.17, 15) is 15.0 Å². The van der Waals surface area contributed by atoms with Gasteiger partial charge in [0.05, 0.1) is 5.60 Å². The Morgan fingerprint density at radius 2 is 1.71 bits per heavy atom. The minimum absolute atomic E-state index is 0.0981. The number of pyridine rings is 1. The van der Waals surface area contributed by atoms with Crippen LogP contribution in [0.25, 0.3) is 0 Å². The summed E-state index contributed by atoms with van der Waals surface area (Å²) in [5, 5.41) is 19.9. The maximum atomic E-state index is 13.5. The predicted molar refractivity (Wildman–Crippen MR) is 121 cm³/mol. The Morgan fingerprint density at radius 3 is 2.23 bits per heavy atom. The standard InChI is InChI=1S/C26H34N2O3/c1-25(2,31)20-8-6-19(7-9-20)24(30)28(21-10-11-21)22-12-14-26(15-13-22,16-18-29)23-5-3-4-17-27-23/h3-9,17,21-22,29,31H,10-16,18H2,1-2H3/t22-,26-. The molecule has 2 aliphatic carbocycles. The van der Waals surface area contributed by atoms with Gasteiger partial charge in [0.2, 0.25) is 0 Å². The average molecular weight is 423 g/mol. The first-order chi connectivity index (χ1) is 14.8. The number of aliphatic hydroxyl groups excluding tert-OH is 1. The average Bonchev–Trinajstić information content (AvgIpc) is 3.60. The summed E-state index contributed by atoms with van der Waals surface area (Å²) in [5.74, 6) is 0.0993. The monoisotopic (exact) mass is 422 g/mol. The van der Waals surface area contributed by atoms with Gasteiger partial charge in [0, 0.05) is 41.6 Å². The van der Waals surface area contributed by atoms with Gasteiger partial charge in [0.1, 0.15) is 0 Å². The number of aliphatic hydroxyl groups is 2. The van der Waals surface area contributed by atoms with Crippen LogP contribution in [0.1, 0.15) is 80.4 Å². The minimum atomic E-state index is -0.914. The predicted octanol–water partition coefficient (Wildman–Crippen LogP) is 4.18. The molecule has 4 rings (SSSR count). The molecular formula is C26H34N2O3. The fourth-order valence-electron chi connectivity index (χ4n) is 5.11. The molecule has 31 heavy (non-hydrogen) atoms. The molecule has 1 aromatic carbocycles. The second-order valence-electron chi connectivity index (χ2n) is 9.78. The number of benzene rings is 1. The molecule has 1 heterocycles. The summed E-state index contributed by atoms with van der Waals surface area (Å²) < 4.78 is 0. The first-order valence-electron chi connectivity index (χ1n) is 11.5. The molecule has 0 saturated heterocycles. The summed E-state index contributed by atoms with van der Waals surface area (Å²) in [6.07, 6.45) is 8.43. The van der Waals surface area contributed by atoms with Gasteiger partial charge < -0.3 is 15.1 Å². The van der Waals surface area contributed by atoms with Crippen molar-refractivity contribution in [1.29, 1.82) is 0 Å². The molecule has 0 aliphatic heterocycles. The molecule has 0 spiro atoms. The molecule has 5 nitrogen and oxygen atoms in total. The van der Waals surface area contributed by atoms with Crippen LogP contribution < -0.4 is 0 Å². The van der Waals surface area contributed by atoms with Crippen LogP contribution in [-0.4, -0.2) is 44.7 Å². The van der Waals surface area contributed by atoms with Gasteiger partial charge in [-0.25, -0.2) is 0 Å². The van der Waals surface area contributed by atoms with Gasteiger partial charge in [-0.2, -0.15) is 0 Å². The lowest BCUT2D eigenvalue weighted by Gasteiger charge is -2.43. The largest absolute Gasteiger partial charge is 0.396 e. The number of rotatable bonds is 7. The Bertz CT molecular complexity index is 877. The van der Waals surface area contributed by atoms with E-state index in [1.54, 1.807) is 13.8 Å². The number of amides is 1. The highest BCUT2D eigenvalue weighted by atomic mass is 16.3. The normalized spacial score (nSPS) is 24.1. The Balaban J connectivity index is 1.51. The maximum absolute atomic E-state index is 13.5. The maximum Gasteiger partial charge on any atom is 0.254 e. The first-order valence-corrected chi connectivity index (χ1v) is 11.5. The van der Waals surface area contributed by atoms with Crippen molar-refractivity contribution in [3.05, 3.63) is 65.5 Å². The molecule has 2 aromatic rings. The molecule has 0 radical (unpaired) electrons. The van der Waals surface area contributed by atoms with Gasteiger partial charge in [-0.05, 0) is 88.6 Å². The van der Waals surface area contributed by atoms with E-state index in [1.807, 2.05) is 42.6 Å². The Hall–Kier alpha value is -2.24. The third-order valence-corrected chi connectivity index (χ3v) is 7.12. The van der Waals surface area contributed by atoms with E-state index in [4.69, 9.17) is 0 Å². The molecule has 0 unspecified atom stereocenters. The van der Waals surface area contributed by atoms with Crippen LogP contribution in [0.4, 0.5) is 0 Å². The lowest BCUT2D eigenvalue weighted by molar-refractivity contribution is 0.0547. The highest BCUT2D eigenvalue weighted by Gasteiger charge is 2.43. The molecular weight excluding hydrogens is 388 g/mol. The summed E-state index contributed by atoms with van der Waals surface area (Å²) in [5.41, 5.74) is 1.55. The zero-order valence-corrected chi connectivity index (χ0v) is 18.6. The second kappa shape index (κ2) is 8.71. The number of carbonyl (C=O) groups excluding carboxylic acids is 1. The quantitative estimate of drug-likeness (QED) is 0.702. The van der Waals surface area contributed by atoms with Crippen molar-refractivity contribution in [2.24, 2.45) is 0 Å². The molecule has 0 atom stereocenters. The number of hydrogen-bond acceptors (Lipinski definition) is 4. The second-order valence-corrected chi connectivity index (χ2v) is 9.78. The molecule has 1 amide bonds. The minimum Gasteiger partial charge on any atom is -0.396 e. The van der Waals surface area contributed by atoms with Crippen LogP contribution in [0.5, 0.6) is 0 Å². The molecule has 2 saturated carbocycles. The Morgan fingerprint density at radius 1 is 1.06 bits per heavy atom. The van der Waals surface area contributed by atoms with E-state index in [0.29, 0.717) is 18.0 Å². The number of aromatic nitrogens is 1. The highest BCUT2D eigenvalue weighted by molar-refractivity contribution is 5.95. The van der Waals surface area contributed by atoms with E-state index in [-0.39, 0.29) is 24.0 Å². The summed E-state index contributed by atoms with van der Waals surface area (Å²) in [7, 11) is 0. The fourth-order valence-corrected chi connectivity index (χ4v) is 5.11. The smallest absolute Gasteiger partial charge is 0.254 e. The van der Waals surface area contributed by atoms with Crippen molar-refractivity contribution in [1.82, 2.24) is 9.88 Å². The summed E-state index contributed by atoms with van der Waals surface area (Å²) in [6, 6.07) is 14.0. The van der Waals surface area contributed by atoms with Crippen molar-refractivity contribution in [2.45, 2.75) is 81.9 Å². The van der Waals surface area contributed by atoms with Crippen LogP contribution in [0.2, 0.25) is 0 Å². The Kier molecular flexibility index (Phi) is 6.18. The van der Waals surface area contributed by atoms with Crippen molar-refractivity contribution in [3.63, 3.8) is 0 Å². The third kappa shape index (κ3) is 4.68. The van der Waals surface area contributed by atoms with Gasteiger partial charge in [-0.3, -0.25) is 9.78 Å². The topological polar surface area (TPSA) is 73.7 Å². The molecule has 166 valence electrons. The molecule has 0 bridgehead atoms. The lowest BCUT2D eigenvalue weighted by atomic mass is 9.68. The van der Waals surface area contributed by atoms with Gasteiger partial charge in [0.15, 0.2) is 0 Å². The van der Waals surface area contributed by atoms with Crippen molar-refractivity contribution in [3.8, 4) is 0 Å². The molecule has 2 fully saturated rings. The van der Waals surface area contributed by atoms with E-state index in [1.165, 1.54) is 0 Å². The van der Waals surface area contributed by atoms with Crippen molar-refractivity contribution in [2.75, 3.05) is 6.61 Å². The summed E-state index contributed by atoms with van der Waals surface area (Å²) in [6.45, 7) is 3.66.